The second-order valence-corrected chi connectivity index (χ2v) is 7.75. The number of fused-ring (bicyclic) bond motifs is 1. The van der Waals surface area contributed by atoms with Crippen molar-refractivity contribution >= 4 is 22.6 Å². The minimum atomic E-state index is -0.652. The van der Waals surface area contributed by atoms with Gasteiger partial charge in [0.05, 0.1) is 5.60 Å². The van der Waals surface area contributed by atoms with Crippen LogP contribution in [0, 0.1) is 5.92 Å². The molecule has 0 radical (unpaired) electrons. The molecule has 0 aliphatic carbocycles. The van der Waals surface area contributed by atoms with Crippen molar-refractivity contribution in [2.45, 2.75) is 38.7 Å². The summed E-state index contributed by atoms with van der Waals surface area (Å²) >= 11 is 0. The van der Waals surface area contributed by atoms with Crippen LogP contribution in [0.2, 0.25) is 0 Å². The lowest BCUT2D eigenvalue weighted by molar-refractivity contribution is 0.0357. The van der Waals surface area contributed by atoms with E-state index in [0.717, 1.165) is 35.7 Å². The fourth-order valence-electron chi connectivity index (χ4n) is 3.70. The molecular formula is C19H27N5O2. The topological polar surface area (TPSA) is 121 Å². The molecule has 7 nitrogen and oxygen atoms in total. The van der Waals surface area contributed by atoms with E-state index in [1.54, 1.807) is 0 Å². The molecule has 6 N–H and O–H groups in total. The quantitative estimate of drug-likeness (QED) is 0.288. The van der Waals surface area contributed by atoms with E-state index in [0.29, 0.717) is 24.7 Å². The Morgan fingerprint density at radius 1 is 1.35 bits per heavy atom. The van der Waals surface area contributed by atoms with E-state index >= 15 is 0 Å². The number of hydrazone groups is 1. The van der Waals surface area contributed by atoms with Crippen LogP contribution in [0.3, 0.4) is 0 Å². The highest BCUT2D eigenvalue weighted by Crippen LogP contribution is 2.27. The third kappa shape index (κ3) is 3.99. The molecule has 1 aliphatic heterocycles. The molecule has 1 aromatic carbocycles. The number of amidine groups is 1. The predicted octanol–water partition coefficient (Wildman–Crippen LogP) is 1.76. The first-order valence-electron chi connectivity index (χ1n) is 8.95. The van der Waals surface area contributed by atoms with E-state index in [1.165, 1.54) is 0 Å². The van der Waals surface area contributed by atoms with Crippen LogP contribution in [0.25, 0.3) is 10.9 Å². The maximum absolute atomic E-state index is 12.8. The maximum Gasteiger partial charge on any atom is 0.270 e. The van der Waals surface area contributed by atoms with Crippen molar-refractivity contribution in [2.75, 3.05) is 13.1 Å². The van der Waals surface area contributed by atoms with Crippen LogP contribution >= 0.6 is 0 Å². The van der Waals surface area contributed by atoms with Gasteiger partial charge in [0.2, 0.25) is 0 Å². The smallest absolute Gasteiger partial charge is 0.270 e. The minimum absolute atomic E-state index is 0.00456. The molecule has 1 fully saturated rings. The lowest BCUT2D eigenvalue weighted by Gasteiger charge is -2.34. The summed E-state index contributed by atoms with van der Waals surface area (Å²) in [6, 6.07) is 7.40. The van der Waals surface area contributed by atoms with Crippen molar-refractivity contribution in [3.05, 3.63) is 35.5 Å². The van der Waals surface area contributed by atoms with Crippen LogP contribution in [-0.4, -0.2) is 45.4 Å². The maximum atomic E-state index is 12.8. The van der Waals surface area contributed by atoms with Crippen molar-refractivity contribution in [2.24, 2.45) is 22.6 Å². The molecule has 1 aromatic heterocycles. The zero-order chi connectivity index (χ0) is 18.9. The molecule has 1 amide bonds. The predicted molar refractivity (Wildman–Crippen MR) is 103 cm³/mol. The van der Waals surface area contributed by atoms with Crippen LogP contribution in [0.5, 0.6) is 0 Å². The van der Waals surface area contributed by atoms with E-state index in [-0.39, 0.29) is 11.7 Å². The number of carbonyl (C=O) groups is 1. The van der Waals surface area contributed by atoms with Gasteiger partial charge in [-0.2, -0.15) is 5.10 Å². The van der Waals surface area contributed by atoms with Crippen molar-refractivity contribution < 1.29 is 9.90 Å². The van der Waals surface area contributed by atoms with E-state index in [9.17, 15) is 9.90 Å². The molecule has 2 heterocycles. The average Bonchev–Trinajstić information content (AvgIpc) is 3.02. The van der Waals surface area contributed by atoms with Gasteiger partial charge >= 0.3 is 0 Å². The SMILES string of the molecule is CC(C)(O)CC1CCN(C(=O)c2cc3cc(/C(N)=N/N)ccc3[nH]2)CC1. The van der Waals surface area contributed by atoms with Gasteiger partial charge in [-0.05, 0) is 63.3 Å². The van der Waals surface area contributed by atoms with E-state index in [1.807, 2.05) is 43.0 Å². The highest BCUT2D eigenvalue weighted by Gasteiger charge is 2.28. The number of aliphatic hydroxyl groups is 1. The molecule has 1 aliphatic rings. The number of rotatable bonds is 4. The lowest BCUT2D eigenvalue weighted by Crippen LogP contribution is -2.40. The number of aromatic amines is 1. The number of carbonyl (C=O) groups excluding carboxylic acids is 1. The van der Waals surface area contributed by atoms with E-state index in [2.05, 4.69) is 10.1 Å². The Kier molecular flexibility index (Phi) is 4.91. The van der Waals surface area contributed by atoms with Gasteiger partial charge < -0.3 is 26.6 Å². The molecule has 1 saturated heterocycles. The Hall–Kier alpha value is -2.54. The second kappa shape index (κ2) is 6.99. The molecule has 26 heavy (non-hydrogen) atoms. The molecule has 0 unspecified atom stereocenters. The van der Waals surface area contributed by atoms with Gasteiger partial charge in [-0.1, -0.05) is 0 Å². The molecular weight excluding hydrogens is 330 g/mol. The molecule has 0 bridgehead atoms. The van der Waals surface area contributed by atoms with Crippen LogP contribution in [-0.2, 0) is 0 Å². The number of benzene rings is 1. The van der Waals surface area contributed by atoms with Crippen LogP contribution in [0.4, 0.5) is 0 Å². The van der Waals surface area contributed by atoms with Gasteiger partial charge in [-0.25, -0.2) is 0 Å². The molecule has 7 heteroatoms. The number of hydrogen-bond donors (Lipinski definition) is 4. The number of nitrogens with zero attached hydrogens (tertiary/aromatic N) is 2. The molecule has 2 aromatic rings. The third-order valence-corrected chi connectivity index (χ3v) is 4.98. The molecule has 0 atom stereocenters. The van der Waals surface area contributed by atoms with Crippen molar-refractivity contribution in [1.29, 1.82) is 0 Å². The normalized spacial score (nSPS) is 17.0. The van der Waals surface area contributed by atoms with E-state index in [4.69, 9.17) is 11.6 Å². The highest BCUT2D eigenvalue weighted by atomic mass is 16.3. The summed E-state index contributed by atoms with van der Waals surface area (Å²) in [5.41, 5.74) is 7.27. The first kappa shape index (κ1) is 18.3. The van der Waals surface area contributed by atoms with Gasteiger partial charge in [-0.3, -0.25) is 4.79 Å². The summed E-state index contributed by atoms with van der Waals surface area (Å²) in [7, 11) is 0. The molecule has 0 saturated carbocycles. The van der Waals surface area contributed by atoms with Gasteiger partial charge in [0.15, 0.2) is 0 Å². The number of likely N-dealkylation sites (tertiary alicyclic amines) is 1. The second-order valence-electron chi connectivity index (χ2n) is 7.75. The molecule has 0 spiro atoms. The number of aromatic nitrogens is 1. The Bertz CT molecular complexity index is 826. The number of hydrogen-bond acceptors (Lipinski definition) is 4. The van der Waals surface area contributed by atoms with Crippen molar-refractivity contribution in [3.63, 3.8) is 0 Å². The summed E-state index contributed by atoms with van der Waals surface area (Å²) in [5, 5.41) is 14.4. The van der Waals surface area contributed by atoms with Crippen LogP contribution < -0.4 is 11.6 Å². The third-order valence-electron chi connectivity index (χ3n) is 4.98. The van der Waals surface area contributed by atoms with Gasteiger partial charge in [0.1, 0.15) is 11.5 Å². The Morgan fingerprint density at radius 3 is 2.65 bits per heavy atom. The number of amides is 1. The average molecular weight is 357 g/mol. The highest BCUT2D eigenvalue weighted by molar-refractivity contribution is 6.03. The summed E-state index contributed by atoms with van der Waals surface area (Å²) < 4.78 is 0. The van der Waals surface area contributed by atoms with Gasteiger partial charge in [0, 0.05) is 29.6 Å². The first-order chi connectivity index (χ1) is 12.3. The van der Waals surface area contributed by atoms with Crippen molar-refractivity contribution in [1.82, 2.24) is 9.88 Å². The van der Waals surface area contributed by atoms with Crippen molar-refractivity contribution in [3.8, 4) is 0 Å². The van der Waals surface area contributed by atoms with Gasteiger partial charge in [-0.15, -0.1) is 0 Å². The minimum Gasteiger partial charge on any atom is -0.390 e. The number of piperidine rings is 1. The van der Waals surface area contributed by atoms with Crippen LogP contribution in [0.15, 0.2) is 29.4 Å². The summed E-state index contributed by atoms with van der Waals surface area (Å²) in [6.07, 6.45) is 2.61. The van der Waals surface area contributed by atoms with Crippen LogP contribution in [0.1, 0.15) is 49.2 Å². The zero-order valence-electron chi connectivity index (χ0n) is 15.3. The number of nitrogens with two attached hydrogens (primary N) is 2. The monoisotopic (exact) mass is 357 g/mol. The zero-order valence-corrected chi connectivity index (χ0v) is 15.3. The summed E-state index contributed by atoms with van der Waals surface area (Å²) in [4.78, 5) is 17.9. The molecule has 3 rings (SSSR count). The molecule has 140 valence electrons. The first-order valence-corrected chi connectivity index (χ1v) is 8.95. The van der Waals surface area contributed by atoms with E-state index < -0.39 is 5.60 Å². The number of nitrogens with one attached hydrogen (secondary N) is 1. The largest absolute Gasteiger partial charge is 0.390 e. The Morgan fingerprint density at radius 2 is 2.04 bits per heavy atom. The number of H-pyrrole nitrogens is 1. The summed E-state index contributed by atoms with van der Waals surface area (Å²) in [5.74, 6) is 5.95. The Labute approximate surface area is 153 Å². The fraction of sp³-hybridized carbons (Fsp3) is 0.474. The fourth-order valence-corrected chi connectivity index (χ4v) is 3.70. The summed E-state index contributed by atoms with van der Waals surface area (Å²) in [6.45, 7) is 5.11. The van der Waals surface area contributed by atoms with Gasteiger partial charge in [0.25, 0.3) is 5.91 Å². The standard InChI is InChI=1S/C19H27N5O2/c1-19(2,26)11-12-5-7-24(8-6-12)18(25)16-10-14-9-13(17(20)23-21)3-4-15(14)22-16/h3-4,9-10,12,22,26H,5-8,11,21H2,1-2H3,(H2,20,23). The lowest BCUT2D eigenvalue weighted by atomic mass is 9.86. The Balaban J connectivity index is 1.70.